The first-order valence-corrected chi connectivity index (χ1v) is 3.08. The summed E-state index contributed by atoms with van der Waals surface area (Å²) in [6.07, 6.45) is 1.73. The molecule has 0 saturated carbocycles. The minimum absolute atomic E-state index is 0.0116. The van der Waals surface area contributed by atoms with Crippen LogP contribution in [0.25, 0.3) is 0 Å². The zero-order chi connectivity index (χ0) is 8.27. The van der Waals surface area contributed by atoms with Gasteiger partial charge in [-0.1, -0.05) is 0 Å². The first-order valence-electron chi connectivity index (χ1n) is 3.08. The molecule has 0 aliphatic rings. The summed E-state index contributed by atoms with van der Waals surface area (Å²) in [5, 5.41) is 20.9. The molecule has 0 saturated heterocycles. The van der Waals surface area contributed by atoms with Gasteiger partial charge in [0.2, 0.25) is 0 Å². The third-order valence-electron chi connectivity index (χ3n) is 1.20. The van der Waals surface area contributed by atoms with E-state index in [1.807, 2.05) is 0 Å². The van der Waals surface area contributed by atoms with Crippen LogP contribution in [0.5, 0.6) is 0 Å². The van der Waals surface area contributed by atoms with Gasteiger partial charge in [0.15, 0.2) is 6.10 Å². The second-order valence-electron chi connectivity index (χ2n) is 2.08. The molecule has 1 aromatic heterocycles. The summed E-state index contributed by atoms with van der Waals surface area (Å²) in [4.78, 5) is 10.1. The van der Waals surface area contributed by atoms with Crippen LogP contribution in [0.4, 0.5) is 0 Å². The minimum atomic E-state index is -1.38. The van der Waals surface area contributed by atoms with Gasteiger partial charge in [-0.05, 0) is 6.07 Å². The molecule has 60 valence electrons. The van der Waals surface area contributed by atoms with Gasteiger partial charge in [-0.3, -0.25) is 4.68 Å². The topological polar surface area (TPSA) is 75.3 Å². The maximum atomic E-state index is 10.1. The fraction of sp³-hybridized carbons (Fsp3) is 0.333. The molecule has 0 fully saturated rings. The number of rotatable bonds is 3. The fourth-order valence-electron chi connectivity index (χ4n) is 0.664. The van der Waals surface area contributed by atoms with E-state index in [1.54, 1.807) is 12.3 Å². The lowest BCUT2D eigenvalue weighted by molar-refractivity contribution is -0.147. The van der Waals surface area contributed by atoms with Crippen LogP contribution in [0.1, 0.15) is 0 Å². The van der Waals surface area contributed by atoms with Crippen LogP contribution < -0.4 is 0 Å². The highest BCUT2D eigenvalue weighted by atomic mass is 16.4. The van der Waals surface area contributed by atoms with Gasteiger partial charge >= 0.3 is 5.97 Å². The number of aliphatic hydroxyl groups is 1. The van der Waals surface area contributed by atoms with E-state index in [4.69, 9.17) is 10.2 Å². The molecule has 0 aliphatic heterocycles. The van der Waals surface area contributed by atoms with Crippen molar-refractivity contribution in [2.24, 2.45) is 0 Å². The van der Waals surface area contributed by atoms with E-state index in [0.29, 0.717) is 0 Å². The molecule has 2 N–H and O–H groups in total. The predicted octanol–water partition coefficient (Wildman–Crippen LogP) is -0.671. The molecule has 11 heavy (non-hydrogen) atoms. The summed E-state index contributed by atoms with van der Waals surface area (Å²) < 4.78 is 1.36. The first-order chi connectivity index (χ1) is 5.20. The molecule has 0 bridgehead atoms. The maximum absolute atomic E-state index is 10.1. The van der Waals surface area contributed by atoms with Crippen molar-refractivity contribution in [2.45, 2.75) is 12.6 Å². The van der Waals surface area contributed by atoms with E-state index >= 15 is 0 Å². The average Bonchev–Trinajstić information content (AvgIpc) is 2.39. The van der Waals surface area contributed by atoms with Gasteiger partial charge in [0.05, 0.1) is 6.54 Å². The maximum Gasteiger partial charge on any atom is 0.334 e. The molecule has 0 aromatic carbocycles. The van der Waals surface area contributed by atoms with Gasteiger partial charge in [-0.25, -0.2) is 4.79 Å². The predicted molar refractivity (Wildman–Crippen MR) is 35.9 cm³/mol. The van der Waals surface area contributed by atoms with E-state index < -0.39 is 12.1 Å². The molecular formula is C6H8N2O3. The average molecular weight is 156 g/mol. The summed E-state index contributed by atoms with van der Waals surface area (Å²) in [7, 11) is 0. The van der Waals surface area contributed by atoms with Crippen molar-refractivity contribution in [3.05, 3.63) is 18.5 Å². The van der Waals surface area contributed by atoms with Crippen molar-refractivity contribution in [2.75, 3.05) is 0 Å². The van der Waals surface area contributed by atoms with Crippen molar-refractivity contribution >= 4 is 5.97 Å². The Morgan fingerprint density at radius 1 is 1.73 bits per heavy atom. The summed E-state index contributed by atoms with van der Waals surface area (Å²) in [6.45, 7) is -0.0116. The number of hydrogen-bond acceptors (Lipinski definition) is 3. The van der Waals surface area contributed by atoms with E-state index in [1.165, 1.54) is 10.9 Å². The van der Waals surface area contributed by atoms with E-state index in [2.05, 4.69) is 5.10 Å². The van der Waals surface area contributed by atoms with Crippen LogP contribution in [0.3, 0.4) is 0 Å². The smallest absolute Gasteiger partial charge is 0.334 e. The SMILES string of the molecule is O=C(O)[C@@H](O)Cn1cccn1. The Bertz CT molecular complexity index is 232. The summed E-state index contributed by atoms with van der Waals surface area (Å²) >= 11 is 0. The summed E-state index contributed by atoms with van der Waals surface area (Å²) in [5.74, 6) is -1.24. The molecule has 5 nitrogen and oxygen atoms in total. The number of carbonyl (C=O) groups is 1. The molecule has 0 aliphatic carbocycles. The quantitative estimate of drug-likeness (QED) is 0.608. The second-order valence-corrected chi connectivity index (χ2v) is 2.08. The number of hydrogen-bond donors (Lipinski definition) is 2. The number of nitrogens with zero attached hydrogens (tertiary/aromatic N) is 2. The van der Waals surface area contributed by atoms with Crippen LogP contribution >= 0.6 is 0 Å². The first kappa shape index (κ1) is 7.74. The van der Waals surface area contributed by atoms with Crippen molar-refractivity contribution in [3.8, 4) is 0 Å². The van der Waals surface area contributed by atoms with Crippen LogP contribution in [0, 0.1) is 0 Å². The van der Waals surface area contributed by atoms with Crippen molar-refractivity contribution in [1.82, 2.24) is 9.78 Å². The van der Waals surface area contributed by atoms with Gasteiger partial charge in [0.1, 0.15) is 0 Å². The summed E-state index contributed by atoms with van der Waals surface area (Å²) in [5.41, 5.74) is 0. The Hall–Kier alpha value is -1.36. The Labute approximate surface area is 62.9 Å². The Kier molecular flexibility index (Phi) is 2.22. The van der Waals surface area contributed by atoms with E-state index in [9.17, 15) is 4.79 Å². The van der Waals surface area contributed by atoms with Crippen molar-refractivity contribution in [1.29, 1.82) is 0 Å². The standard InChI is InChI=1S/C6H8N2O3/c9-5(6(10)11)4-8-3-1-2-7-8/h1-3,5,9H,4H2,(H,10,11)/t5-/m0/s1. The van der Waals surface area contributed by atoms with Crippen molar-refractivity contribution in [3.63, 3.8) is 0 Å². The molecule has 0 spiro atoms. The summed E-state index contributed by atoms with van der Waals surface area (Å²) in [6, 6.07) is 1.66. The number of aliphatic hydroxyl groups excluding tert-OH is 1. The molecule has 0 amide bonds. The molecule has 5 heteroatoms. The largest absolute Gasteiger partial charge is 0.479 e. The number of aromatic nitrogens is 2. The Morgan fingerprint density at radius 3 is 2.91 bits per heavy atom. The molecular weight excluding hydrogens is 148 g/mol. The Balaban J connectivity index is 2.50. The van der Waals surface area contributed by atoms with Crippen LogP contribution in [0.2, 0.25) is 0 Å². The number of aliphatic carboxylic acids is 1. The third-order valence-corrected chi connectivity index (χ3v) is 1.20. The number of carboxylic acid groups (broad SMARTS) is 1. The highest BCUT2D eigenvalue weighted by molar-refractivity contribution is 5.71. The van der Waals surface area contributed by atoms with Crippen LogP contribution in [-0.4, -0.2) is 32.1 Å². The fourth-order valence-corrected chi connectivity index (χ4v) is 0.664. The lowest BCUT2D eigenvalue weighted by Crippen LogP contribution is -2.25. The zero-order valence-electron chi connectivity index (χ0n) is 5.71. The monoisotopic (exact) mass is 156 g/mol. The molecule has 0 unspecified atom stereocenters. The van der Waals surface area contributed by atoms with Crippen LogP contribution in [0.15, 0.2) is 18.5 Å². The zero-order valence-corrected chi connectivity index (χ0v) is 5.71. The molecule has 0 radical (unpaired) electrons. The van der Waals surface area contributed by atoms with E-state index in [0.717, 1.165) is 0 Å². The lowest BCUT2D eigenvalue weighted by Gasteiger charge is -2.03. The minimum Gasteiger partial charge on any atom is -0.479 e. The van der Waals surface area contributed by atoms with Gasteiger partial charge in [-0.15, -0.1) is 0 Å². The van der Waals surface area contributed by atoms with Gasteiger partial charge < -0.3 is 10.2 Å². The molecule has 1 atom stereocenters. The normalized spacial score (nSPS) is 12.8. The van der Waals surface area contributed by atoms with Crippen molar-refractivity contribution < 1.29 is 15.0 Å². The van der Waals surface area contributed by atoms with Crippen LogP contribution in [-0.2, 0) is 11.3 Å². The van der Waals surface area contributed by atoms with Gasteiger partial charge in [-0.2, -0.15) is 5.10 Å². The molecule has 1 heterocycles. The van der Waals surface area contributed by atoms with E-state index in [-0.39, 0.29) is 6.54 Å². The highest BCUT2D eigenvalue weighted by Gasteiger charge is 2.12. The second kappa shape index (κ2) is 3.16. The number of carboxylic acids is 1. The molecule has 1 aromatic rings. The van der Waals surface area contributed by atoms with Gasteiger partial charge in [0.25, 0.3) is 0 Å². The highest BCUT2D eigenvalue weighted by Crippen LogP contribution is 1.90. The molecule has 1 rings (SSSR count). The lowest BCUT2D eigenvalue weighted by atomic mass is 10.4. The van der Waals surface area contributed by atoms with Gasteiger partial charge in [0, 0.05) is 12.4 Å². The Morgan fingerprint density at radius 2 is 2.45 bits per heavy atom. The third kappa shape index (κ3) is 2.05.